The lowest BCUT2D eigenvalue weighted by Gasteiger charge is -2.25. The Morgan fingerprint density at radius 2 is 1.78 bits per heavy atom. The van der Waals surface area contributed by atoms with Gasteiger partial charge in [-0.05, 0) is 62.9 Å². The first kappa shape index (κ1) is 27.0. The first-order valence-corrected chi connectivity index (χ1v) is 11.2. The minimum Gasteiger partial charge on any atom is -0.496 e. The molecule has 36 heavy (non-hydrogen) atoms. The Bertz CT molecular complexity index is 1190. The molecule has 2 amide bonds. The van der Waals surface area contributed by atoms with Crippen LogP contribution in [0.3, 0.4) is 0 Å². The average molecular weight is 508 g/mol. The van der Waals surface area contributed by atoms with Gasteiger partial charge in [-0.3, -0.25) is 19.4 Å². The number of pyridine rings is 1. The van der Waals surface area contributed by atoms with Gasteiger partial charge in [0.2, 0.25) is 5.91 Å². The molecule has 1 aliphatic rings. The Morgan fingerprint density at radius 1 is 1.11 bits per heavy atom. The molecule has 0 saturated heterocycles. The van der Waals surface area contributed by atoms with Crippen molar-refractivity contribution < 1.29 is 37.0 Å². The molecule has 1 saturated carbocycles. The van der Waals surface area contributed by atoms with Crippen LogP contribution in [0.15, 0.2) is 30.5 Å². The molecule has 2 aromatic rings. The van der Waals surface area contributed by atoms with Crippen molar-refractivity contribution >= 4 is 23.5 Å². The summed E-state index contributed by atoms with van der Waals surface area (Å²) in [5.74, 6) is -1.41. The lowest BCUT2D eigenvalue weighted by molar-refractivity contribution is -0.163. The number of ether oxygens (including phenoxy) is 2. The van der Waals surface area contributed by atoms with E-state index in [1.165, 1.54) is 32.5 Å². The zero-order chi connectivity index (χ0) is 26.9. The fraction of sp³-hybridized carbons (Fsp3) is 0.440. The molecule has 2 N–H and O–H groups in total. The lowest BCUT2D eigenvalue weighted by atomic mass is 9.82. The highest BCUT2D eigenvalue weighted by Crippen LogP contribution is 2.49. The van der Waals surface area contributed by atoms with Gasteiger partial charge in [0.25, 0.3) is 5.91 Å². The van der Waals surface area contributed by atoms with Gasteiger partial charge >= 0.3 is 12.1 Å². The van der Waals surface area contributed by atoms with Crippen LogP contribution in [0.2, 0.25) is 0 Å². The third-order valence-electron chi connectivity index (χ3n) is 6.30. The third-order valence-corrected chi connectivity index (χ3v) is 6.30. The van der Waals surface area contributed by atoms with Gasteiger partial charge in [0.1, 0.15) is 17.0 Å². The topological polar surface area (TPSA) is 107 Å². The molecule has 1 fully saturated rings. The number of carbonyl (C=O) groups is 3. The Kier molecular flexibility index (Phi) is 7.33. The molecule has 1 aromatic heterocycles. The van der Waals surface area contributed by atoms with E-state index in [1.54, 1.807) is 32.9 Å². The number of aryl methyl sites for hydroxylation is 1. The Hall–Kier alpha value is -3.63. The lowest BCUT2D eigenvalue weighted by Crippen LogP contribution is -2.48. The van der Waals surface area contributed by atoms with Crippen LogP contribution in [-0.4, -0.2) is 48.7 Å². The predicted octanol–water partition coefficient (Wildman–Crippen LogP) is 3.86. The van der Waals surface area contributed by atoms with E-state index in [0.717, 1.165) is 5.56 Å². The summed E-state index contributed by atoms with van der Waals surface area (Å²) >= 11 is 0. The van der Waals surface area contributed by atoms with Gasteiger partial charge in [-0.2, -0.15) is 13.2 Å². The Labute approximate surface area is 206 Å². The first-order chi connectivity index (χ1) is 16.7. The number of nitrogens with one attached hydrogen (secondary N) is 2. The summed E-state index contributed by atoms with van der Waals surface area (Å²) in [7, 11) is 2.76. The molecule has 0 spiro atoms. The monoisotopic (exact) mass is 507 g/mol. The molecule has 3 rings (SSSR count). The molecule has 0 unspecified atom stereocenters. The molecule has 0 bridgehead atoms. The van der Waals surface area contributed by atoms with E-state index >= 15 is 0 Å². The highest BCUT2D eigenvalue weighted by Gasteiger charge is 2.64. The highest BCUT2D eigenvalue weighted by molar-refractivity contribution is 5.97. The van der Waals surface area contributed by atoms with Crippen LogP contribution in [0.5, 0.6) is 5.75 Å². The number of amides is 2. The molecule has 0 atom stereocenters. The average Bonchev–Trinajstić information content (AvgIpc) is 3.60. The quantitative estimate of drug-likeness (QED) is 0.526. The normalized spacial score (nSPS) is 14.6. The van der Waals surface area contributed by atoms with E-state index in [2.05, 4.69) is 10.3 Å². The molecule has 1 aliphatic carbocycles. The number of carbonyl (C=O) groups excluding carboxylic acids is 3. The van der Waals surface area contributed by atoms with Crippen molar-refractivity contribution in [1.82, 2.24) is 10.3 Å². The van der Waals surface area contributed by atoms with Crippen molar-refractivity contribution in [2.45, 2.75) is 57.2 Å². The standard InChI is InChI=1S/C25H28F3N3O5/c1-14-10-17(23(2,3)22(34)36-5)19(35-4)11-15(14)12-20(32)30-16-6-9-29-18(13-16)21(33)31-24(7-8-24)25(26,27)28/h6,9-11,13H,7-8,12H2,1-5H3,(H,31,33)(H,29,30,32). The van der Waals surface area contributed by atoms with Crippen molar-refractivity contribution in [1.29, 1.82) is 0 Å². The van der Waals surface area contributed by atoms with Crippen molar-refractivity contribution in [3.63, 3.8) is 0 Å². The molecule has 194 valence electrons. The minimum absolute atomic E-state index is 0.0534. The summed E-state index contributed by atoms with van der Waals surface area (Å²) < 4.78 is 49.8. The zero-order valence-electron chi connectivity index (χ0n) is 20.6. The summed E-state index contributed by atoms with van der Waals surface area (Å²) in [5.41, 5.74) is -1.23. The number of halogens is 3. The Morgan fingerprint density at radius 3 is 2.33 bits per heavy atom. The highest BCUT2D eigenvalue weighted by atomic mass is 19.4. The van der Waals surface area contributed by atoms with E-state index in [9.17, 15) is 27.6 Å². The van der Waals surface area contributed by atoms with Gasteiger partial charge in [0.15, 0.2) is 0 Å². The number of benzene rings is 1. The molecule has 1 heterocycles. The third kappa shape index (κ3) is 5.44. The number of methoxy groups -OCH3 is 2. The minimum atomic E-state index is -4.55. The van der Waals surface area contributed by atoms with Crippen LogP contribution >= 0.6 is 0 Å². The zero-order valence-corrected chi connectivity index (χ0v) is 20.6. The van der Waals surface area contributed by atoms with E-state index in [0.29, 0.717) is 16.9 Å². The predicted molar refractivity (Wildman–Crippen MR) is 125 cm³/mol. The fourth-order valence-corrected chi connectivity index (χ4v) is 3.84. The molecular formula is C25H28F3N3O5. The summed E-state index contributed by atoms with van der Waals surface area (Å²) in [6.07, 6.45) is -3.74. The number of nitrogens with zero attached hydrogens (tertiary/aromatic N) is 1. The van der Waals surface area contributed by atoms with Gasteiger partial charge in [-0.25, -0.2) is 0 Å². The second kappa shape index (κ2) is 9.79. The van der Waals surface area contributed by atoms with Crippen molar-refractivity contribution in [3.05, 3.63) is 52.8 Å². The van der Waals surface area contributed by atoms with Crippen LogP contribution in [0.25, 0.3) is 0 Å². The Balaban J connectivity index is 1.74. The number of esters is 1. The second-order valence-electron chi connectivity index (χ2n) is 9.28. The second-order valence-corrected chi connectivity index (χ2v) is 9.28. The summed E-state index contributed by atoms with van der Waals surface area (Å²) in [4.78, 5) is 41.1. The number of aromatic nitrogens is 1. The fourth-order valence-electron chi connectivity index (χ4n) is 3.84. The number of anilines is 1. The van der Waals surface area contributed by atoms with Gasteiger partial charge in [-0.1, -0.05) is 6.07 Å². The molecule has 0 aliphatic heterocycles. The number of alkyl halides is 3. The molecular weight excluding hydrogens is 479 g/mol. The van der Waals surface area contributed by atoms with Crippen LogP contribution < -0.4 is 15.4 Å². The van der Waals surface area contributed by atoms with Crippen molar-refractivity contribution in [3.8, 4) is 5.75 Å². The van der Waals surface area contributed by atoms with Crippen LogP contribution in [0.1, 0.15) is 53.9 Å². The van der Waals surface area contributed by atoms with Crippen LogP contribution in [0, 0.1) is 6.92 Å². The van der Waals surface area contributed by atoms with Gasteiger partial charge in [0, 0.05) is 17.4 Å². The van der Waals surface area contributed by atoms with E-state index in [4.69, 9.17) is 9.47 Å². The first-order valence-electron chi connectivity index (χ1n) is 11.2. The van der Waals surface area contributed by atoms with Crippen LogP contribution in [-0.2, 0) is 26.2 Å². The summed E-state index contributed by atoms with van der Waals surface area (Å²) in [6.45, 7) is 5.21. The number of rotatable bonds is 8. The molecule has 0 radical (unpaired) electrons. The van der Waals surface area contributed by atoms with Gasteiger partial charge in [0.05, 0.1) is 26.1 Å². The van der Waals surface area contributed by atoms with Crippen molar-refractivity contribution in [2.75, 3.05) is 19.5 Å². The van der Waals surface area contributed by atoms with E-state index in [1.807, 2.05) is 5.32 Å². The van der Waals surface area contributed by atoms with E-state index in [-0.39, 0.29) is 30.6 Å². The summed E-state index contributed by atoms with van der Waals surface area (Å²) in [5, 5.41) is 4.64. The number of hydrogen-bond donors (Lipinski definition) is 2. The molecule has 11 heteroatoms. The maximum Gasteiger partial charge on any atom is 0.411 e. The van der Waals surface area contributed by atoms with Gasteiger partial charge in [-0.15, -0.1) is 0 Å². The maximum atomic E-state index is 13.1. The van der Waals surface area contributed by atoms with Gasteiger partial charge < -0.3 is 20.1 Å². The smallest absolute Gasteiger partial charge is 0.411 e. The molecule has 1 aromatic carbocycles. The molecule has 8 nitrogen and oxygen atoms in total. The van der Waals surface area contributed by atoms with E-state index < -0.39 is 34.9 Å². The largest absolute Gasteiger partial charge is 0.496 e. The maximum absolute atomic E-state index is 13.1. The SMILES string of the molecule is COC(=O)C(C)(C)c1cc(C)c(CC(=O)Nc2ccnc(C(=O)NC3(C(F)(F)F)CC3)c2)cc1OC. The number of hydrogen-bond acceptors (Lipinski definition) is 6. The van der Waals surface area contributed by atoms with Crippen LogP contribution in [0.4, 0.5) is 18.9 Å². The van der Waals surface area contributed by atoms with Crippen molar-refractivity contribution in [2.24, 2.45) is 0 Å². The summed E-state index contributed by atoms with van der Waals surface area (Å²) in [6, 6.07) is 6.09.